The molecule has 6 heteroatoms. The smallest absolute Gasteiger partial charge is 0.407 e. The van der Waals surface area contributed by atoms with E-state index >= 15 is 0 Å². The van der Waals surface area contributed by atoms with Crippen LogP contribution in [0, 0.1) is 11.6 Å². The van der Waals surface area contributed by atoms with Gasteiger partial charge in [0, 0.05) is 18.2 Å². The molecule has 0 aromatic heterocycles. The van der Waals surface area contributed by atoms with E-state index in [1.165, 1.54) is 7.11 Å². The van der Waals surface area contributed by atoms with E-state index in [-0.39, 0.29) is 12.4 Å². The zero-order valence-electron chi connectivity index (χ0n) is 13.8. The van der Waals surface area contributed by atoms with Crippen LogP contribution in [0.2, 0.25) is 0 Å². The zero-order chi connectivity index (χ0) is 18.1. The maximum atomic E-state index is 13.3. The molecule has 0 radical (unpaired) electrons. The lowest BCUT2D eigenvalue weighted by Crippen LogP contribution is -2.24. The van der Waals surface area contributed by atoms with Crippen molar-refractivity contribution in [2.45, 2.75) is 13.0 Å². The van der Waals surface area contributed by atoms with Gasteiger partial charge >= 0.3 is 6.09 Å². The maximum absolute atomic E-state index is 13.3. The summed E-state index contributed by atoms with van der Waals surface area (Å²) in [5, 5.41) is 2.61. The Bertz CT molecular complexity index is 733. The molecule has 25 heavy (non-hydrogen) atoms. The minimum Gasteiger partial charge on any atom is -0.496 e. The molecule has 0 unspecified atom stereocenters. The fourth-order valence-corrected chi connectivity index (χ4v) is 2.09. The molecule has 0 saturated heterocycles. The number of ether oxygens (including phenoxy) is 2. The molecule has 0 aliphatic heterocycles. The van der Waals surface area contributed by atoms with Crippen molar-refractivity contribution in [2.75, 3.05) is 13.7 Å². The number of amides is 1. The van der Waals surface area contributed by atoms with Crippen LogP contribution in [0.5, 0.6) is 5.75 Å². The molecule has 0 aliphatic rings. The first-order valence-corrected chi connectivity index (χ1v) is 7.74. The van der Waals surface area contributed by atoms with Crippen molar-refractivity contribution in [1.29, 1.82) is 0 Å². The van der Waals surface area contributed by atoms with Crippen molar-refractivity contribution < 1.29 is 23.0 Å². The molecule has 0 spiro atoms. The monoisotopic (exact) mass is 347 g/mol. The van der Waals surface area contributed by atoms with Gasteiger partial charge in [0.15, 0.2) is 11.6 Å². The summed E-state index contributed by atoms with van der Waals surface area (Å²) in [6.07, 6.45) is 3.33. The number of carbonyl (C=O) groups excluding carboxylic acids is 1. The van der Waals surface area contributed by atoms with Gasteiger partial charge in [0.05, 0.1) is 7.11 Å². The molecule has 0 bridgehead atoms. The van der Waals surface area contributed by atoms with E-state index in [4.69, 9.17) is 9.47 Å². The van der Waals surface area contributed by atoms with Gasteiger partial charge in [-0.05, 0) is 18.1 Å². The van der Waals surface area contributed by atoms with E-state index in [0.717, 1.165) is 17.7 Å². The quantitative estimate of drug-likeness (QED) is 0.760. The average Bonchev–Trinajstić information content (AvgIpc) is 2.63. The Labute approximate surface area is 145 Å². The van der Waals surface area contributed by atoms with Crippen LogP contribution < -0.4 is 10.1 Å². The number of rotatable bonds is 7. The minimum atomic E-state index is -0.961. The molecule has 1 N–H and O–H groups in total. The van der Waals surface area contributed by atoms with Crippen LogP contribution >= 0.6 is 0 Å². The highest BCUT2D eigenvalue weighted by molar-refractivity contribution is 5.67. The number of carbonyl (C=O) groups is 1. The zero-order valence-corrected chi connectivity index (χ0v) is 13.8. The van der Waals surface area contributed by atoms with Gasteiger partial charge in [-0.1, -0.05) is 42.5 Å². The summed E-state index contributed by atoms with van der Waals surface area (Å²) in [5.41, 5.74) is 1.33. The molecular formula is C19H19F2NO3. The Kier molecular flexibility index (Phi) is 6.95. The fourth-order valence-electron chi connectivity index (χ4n) is 2.09. The van der Waals surface area contributed by atoms with Crippen molar-refractivity contribution in [1.82, 2.24) is 5.32 Å². The van der Waals surface area contributed by atoms with Crippen LogP contribution in [0.25, 0.3) is 6.08 Å². The molecule has 0 heterocycles. The van der Waals surface area contributed by atoms with E-state index in [9.17, 15) is 13.6 Å². The third-order valence-electron chi connectivity index (χ3n) is 3.36. The summed E-state index contributed by atoms with van der Waals surface area (Å²) in [7, 11) is 1.38. The molecule has 4 nitrogen and oxygen atoms in total. The summed E-state index contributed by atoms with van der Waals surface area (Å²) in [4.78, 5) is 11.6. The first kappa shape index (κ1) is 18.4. The van der Waals surface area contributed by atoms with Crippen LogP contribution in [0.4, 0.5) is 13.6 Å². The van der Waals surface area contributed by atoms with E-state index in [1.807, 2.05) is 30.3 Å². The third-order valence-corrected chi connectivity index (χ3v) is 3.36. The second-order valence-electron chi connectivity index (χ2n) is 5.19. The standard InChI is InChI=1S/C19H19F2NO3/c1-24-18-12-17(21)16(20)11-15(18)9-5-6-10-22-19(23)25-13-14-7-3-2-4-8-14/h2-5,7-9,11-12H,6,10,13H2,1H3,(H,22,23). The van der Waals surface area contributed by atoms with Gasteiger partial charge in [-0.25, -0.2) is 13.6 Å². The van der Waals surface area contributed by atoms with Gasteiger partial charge in [0.1, 0.15) is 12.4 Å². The molecule has 0 atom stereocenters. The van der Waals surface area contributed by atoms with Crippen LogP contribution in [-0.2, 0) is 11.3 Å². The van der Waals surface area contributed by atoms with Crippen molar-refractivity contribution in [3.63, 3.8) is 0 Å². The van der Waals surface area contributed by atoms with Crippen LogP contribution in [0.15, 0.2) is 48.5 Å². The molecular weight excluding hydrogens is 328 g/mol. The summed E-state index contributed by atoms with van der Waals surface area (Å²) < 4.78 is 36.5. The normalized spacial score (nSPS) is 10.7. The number of methoxy groups -OCH3 is 1. The Hall–Kier alpha value is -2.89. The van der Waals surface area contributed by atoms with Gasteiger partial charge in [-0.2, -0.15) is 0 Å². The summed E-state index contributed by atoms with van der Waals surface area (Å²) >= 11 is 0. The van der Waals surface area contributed by atoms with Crippen molar-refractivity contribution in [2.24, 2.45) is 0 Å². The highest BCUT2D eigenvalue weighted by atomic mass is 19.2. The lowest BCUT2D eigenvalue weighted by atomic mass is 10.1. The fraction of sp³-hybridized carbons (Fsp3) is 0.211. The van der Waals surface area contributed by atoms with Crippen LogP contribution in [0.1, 0.15) is 17.5 Å². The van der Waals surface area contributed by atoms with E-state index in [2.05, 4.69) is 5.32 Å². The molecule has 0 saturated carbocycles. The molecule has 0 fully saturated rings. The van der Waals surface area contributed by atoms with Crippen molar-refractivity contribution in [3.05, 3.63) is 71.3 Å². The molecule has 132 valence electrons. The number of benzene rings is 2. The van der Waals surface area contributed by atoms with E-state index in [1.54, 1.807) is 12.2 Å². The van der Waals surface area contributed by atoms with Gasteiger partial charge in [0.2, 0.25) is 0 Å². The second-order valence-corrected chi connectivity index (χ2v) is 5.19. The largest absolute Gasteiger partial charge is 0.496 e. The lowest BCUT2D eigenvalue weighted by molar-refractivity contribution is 0.140. The Morgan fingerprint density at radius 2 is 1.88 bits per heavy atom. The van der Waals surface area contributed by atoms with Crippen molar-refractivity contribution >= 4 is 12.2 Å². The SMILES string of the molecule is COc1cc(F)c(F)cc1C=CCCNC(=O)OCc1ccccc1. The van der Waals surface area contributed by atoms with Gasteiger partial charge < -0.3 is 14.8 Å². The number of alkyl carbamates (subject to hydrolysis) is 1. The highest BCUT2D eigenvalue weighted by Crippen LogP contribution is 2.23. The first-order valence-electron chi connectivity index (χ1n) is 7.74. The Morgan fingerprint density at radius 1 is 1.16 bits per heavy atom. The predicted octanol–water partition coefficient (Wildman–Crippen LogP) is 4.30. The molecule has 2 aromatic rings. The summed E-state index contributed by atoms with van der Waals surface area (Å²) in [6, 6.07) is 11.4. The average molecular weight is 347 g/mol. The molecule has 2 rings (SSSR count). The summed E-state index contributed by atoms with van der Waals surface area (Å²) in [5.74, 6) is -1.66. The number of hydrogen-bond acceptors (Lipinski definition) is 3. The van der Waals surface area contributed by atoms with Gasteiger partial charge in [-0.15, -0.1) is 0 Å². The second kappa shape index (κ2) is 9.42. The molecule has 0 aliphatic carbocycles. The minimum absolute atomic E-state index is 0.203. The molecule has 1 amide bonds. The predicted molar refractivity (Wildman–Crippen MR) is 91.2 cm³/mol. The first-order chi connectivity index (χ1) is 12.1. The maximum Gasteiger partial charge on any atom is 0.407 e. The molecule has 2 aromatic carbocycles. The number of nitrogens with one attached hydrogen (secondary N) is 1. The lowest BCUT2D eigenvalue weighted by Gasteiger charge is -2.06. The number of hydrogen-bond donors (Lipinski definition) is 1. The van der Waals surface area contributed by atoms with E-state index in [0.29, 0.717) is 18.5 Å². The number of halogens is 2. The van der Waals surface area contributed by atoms with Crippen LogP contribution in [-0.4, -0.2) is 19.7 Å². The van der Waals surface area contributed by atoms with Gasteiger partial charge in [0.25, 0.3) is 0 Å². The van der Waals surface area contributed by atoms with Crippen molar-refractivity contribution in [3.8, 4) is 5.75 Å². The topological polar surface area (TPSA) is 47.6 Å². The summed E-state index contributed by atoms with van der Waals surface area (Å²) in [6.45, 7) is 0.560. The van der Waals surface area contributed by atoms with Crippen LogP contribution in [0.3, 0.4) is 0 Å². The Balaban J connectivity index is 1.74. The van der Waals surface area contributed by atoms with E-state index < -0.39 is 17.7 Å². The third kappa shape index (κ3) is 5.91. The van der Waals surface area contributed by atoms with Gasteiger partial charge in [-0.3, -0.25) is 0 Å². The highest BCUT2D eigenvalue weighted by Gasteiger charge is 2.08. The Morgan fingerprint density at radius 3 is 2.60 bits per heavy atom.